The number of carbonyl (C=O) groups is 3. The Bertz CT molecular complexity index is 899. The first-order valence-corrected chi connectivity index (χ1v) is 8.15. The Kier molecular flexibility index (Phi) is 6.90. The molecule has 0 atom stereocenters. The van der Waals surface area contributed by atoms with Crippen LogP contribution in [0.1, 0.15) is 11.1 Å². The molecule has 0 bridgehead atoms. The van der Waals surface area contributed by atoms with Gasteiger partial charge in [-0.15, -0.1) is 0 Å². The third-order valence-electron chi connectivity index (χ3n) is 3.31. The van der Waals surface area contributed by atoms with Crippen LogP contribution >= 0.6 is 11.6 Å². The highest BCUT2D eigenvalue weighted by atomic mass is 35.5. The fraction of sp³-hybridized carbons (Fsp3) is 0.111. The summed E-state index contributed by atoms with van der Waals surface area (Å²) in [5.74, 6) is -2.09. The van der Waals surface area contributed by atoms with Crippen LogP contribution in [0, 0.1) is 6.92 Å². The molecular formula is C18H17ClN4O4. The molecule has 9 heteroatoms. The molecule has 3 amide bonds. The molecule has 27 heavy (non-hydrogen) atoms. The molecule has 0 heterocycles. The van der Waals surface area contributed by atoms with E-state index in [0.717, 1.165) is 5.56 Å². The number of hydrazone groups is 1. The van der Waals surface area contributed by atoms with Crippen molar-refractivity contribution in [3.8, 4) is 5.75 Å². The summed E-state index contributed by atoms with van der Waals surface area (Å²) in [6, 6.07) is 11.7. The van der Waals surface area contributed by atoms with E-state index < -0.39 is 17.7 Å². The van der Waals surface area contributed by atoms with Gasteiger partial charge in [-0.1, -0.05) is 29.8 Å². The highest BCUT2D eigenvalue weighted by Gasteiger charge is 2.13. The van der Waals surface area contributed by atoms with Gasteiger partial charge in [0.15, 0.2) is 6.61 Å². The zero-order valence-corrected chi connectivity index (χ0v) is 15.1. The first kappa shape index (κ1) is 19.9. The summed E-state index contributed by atoms with van der Waals surface area (Å²) in [5.41, 5.74) is 9.04. The maximum absolute atomic E-state index is 11.9. The van der Waals surface area contributed by atoms with Gasteiger partial charge in [0.05, 0.1) is 11.2 Å². The molecule has 0 fully saturated rings. The van der Waals surface area contributed by atoms with Crippen molar-refractivity contribution in [2.24, 2.45) is 10.8 Å². The van der Waals surface area contributed by atoms with Crippen LogP contribution in [0.4, 0.5) is 5.69 Å². The van der Waals surface area contributed by atoms with Gasteiger partial charge in [-0.05, 0) is 42.3 Å². The van der Waals surface area contributed by atoms with Crippen molar-refractivity contribution in [3.05, 3.63) is 58.6 Å². The fourth-order valence-electron chi connectivity index (χ4n) is 1.97. The van der Waals surface area contributed by atoms with E-state index in [1.54, 1.807) is 18.2 Å². The number of ether oxygens (including phenoxy) is 1. The van der Waals surface area contributed by atoms with Crippen LogP contribution in [0.3, 0.4) is 0 Å². The predicted octanol–water partition coefficient (Wildman–Crippen LogP) is 1.60. The Labute approximate surface area is 160 Å². The number of aryl methyl sites for hydroxylation is 1. The molecular weight excluding hydrogens is 372 g/mol. The lowest BCUT2D eigenvalue weighted by Crippen LogP contribution is -2.32. The molecule has 0 aromatic heterocycles. The number of para-hydroxylation sites is 1. The minimum Gasteiger partial charge on any atom is -0.482 e. The maximum Gasteiger partial charge on any atom is 0.329 e. The third-order valence-corrected chi connectivity index (χ3v) is 3.60. The molecule has 2 aromatic carbocycles. The van der Waals surface area contributed by atoms with Gasteiger partial charge >= 0.3 is 11.8 Å². The molecule has 2 aromatic rings. The fourth-order valence-corrected chi connectivity index (χ4v) is 2.22. The number of benzene rings is 2. The average molecular weight is 389 g/mol. The van der Waals surface area contributed by atoms with E-state index >= 15 is 0 Å². The lowest BCUT2D eigenvalue weighted by Gasteiger charge is -2.07. The number of amides is 3. The molecule has 0 aliphatic heterocycles. The number of nitrogens with zero attached hydrogens (tertiary/aromatic N) is 1. The van der Waals surface area contributed by atoms with Crippen LogP contribution in [0.2, 0.25) is 5.02 Å². The average Bonchev–Trinajstić information content (AvgIpc) is 2.62. The van der Waals surface area contributed by atoms with E-state index in [1.807, 2.05) is 19.1 Å². The highest BCUT2D eigenvalue weighted by molar-refractivity contribution is 6.39. The molecule has 4 N–H and O–H groups in total. The first-order valence-electron chi connectivity index (χ1n) is 7.77. The number of primary amides is 1. The zero-order chi connectivity index (χ0) is 19.8. The minimum atomic E-state index is -0.915. The second kappa shape index (κ2) is 9.35. The quantitative estimate of drug-likeness (QED) is 0.395. The van der Waals surface area contributed by atoms with Gasteiger partial charge in [0.2, 0.25) is 0 Å². The summed E-state index contributed by atoms with van der Waals surface area (Å²) < 4.78 is 5.12. The van der Waals surface area contributed by atoms with E-state index in [4.69, 9.17) is 22.1 Å². The molecule has 8 nitrogen and oxygen atoms in total. The largest absolute Gasteiger partial charge is 0.482 e. The van der Waals surface area contributed by atoms with E-state index in [2.05, 4.69) is 15.8 Å². The van der Waals surface area contributed by atoms with Gasteiger partial charge in [0.1, 0.15) is 5.75 Å². The van der Waals surface area contributed by atoms with Gasteiger partial charge in [-0.25, -0.2) is 5.43 Å². The van der Waals surface area contributed by atoms with Gasteiger partial charge in [0.25, 0.3) is 5.91 Å². The van der Waals surface area contributed by atoms with Crippen molar-refractivity contribution in [3.63, 3.8) is 0 Å². The summed E-state index contributed by atoms with van der Waals surface area (Å²) in [6.45, 7) is 1.52. The summed E-state index contributed by atoms with van der Waals surface area (Å²) >= 11 is 6.02. The number of anilines is 1. The van der Waals surface area contributed by atoms with Crippen LogP contribution in [0.25, 0.3) is 0 Å². The highest BCUT2D eigenvalue weighted by Crippen LogP contribution is 2.24. The third kappa shape index (κ3) is 6.12. The number of halogens is 1. The smallest absolute Gasteiger partial charge is 0.329 e. The molecule has 0 unspecified atom stereocenters. The lowest BCUT2D eigenvalue weighted by atomic mass is 10.2. The Balaban J connectivity index is 1.91. The van der Waals surface area contributed by atoms with Gasteiger partial charge < -0.3 is 15.8 Å². The summed E-state index contributed by atoms with van der Waals surface area (Å²) in [4.78, 5) is 34.4. The predicted molar refractivity (Wildman–Crippen MR) is 102 cm³/mol. The Morgan fingerprint density at radius 1 is 1.19 bits per heavy atom. The number of hydrogen-bond acceptors (Lipinski definition) is 5. The standard InChI is InChI=1S/C18H17ClN4O4/c1-11-4-2-3-5-14(11)22-17(25)18(26)23-21-9-12-6-7-15(13(19)8-12)27-10-16(20)24/h2-9H,10H2,1H3,(H2,20,24)(H,22,25)(H,23,26)/b21-9-. The van der Waals surface area contributed by atoms with Crippen molar-refractivity contribution >= 4 is 41.2 Å². The minimum absolute atomic E-state index is 0.240. The summed E-state index contributed by atoms with van der Waals surface area (Å²) in [7, 11) is 0. The van der Waals surface area contributed by atoms with Crippen molar-refractivity contribution in [2.45, 2.75) is 6.92 Å². The van der Waals surface area contributed by atoms with E-state index in [1.165, 1.54) is 18.3 Å². The zero-order valence-electron chi connectivity index (χ0n) is 14.4. The van der Waals surface area contributed by atoms with Crippen molar-refractivity contribution in [1.29, 1.82) is 0 Å². The van der Waals surface area contributed by atoms with E-state index in [0.29, 0.717) is 11.3 Å². The lowest BCUT2D eigenvalue weighted by molar-refractivity contribution is -0.136. The summed E-state index contributed by atoms with van der Waals surface area (Å²) in [6.07, 6.45) is 1.31. The molecule has 0 aliphatic carbocycles. The van der Waals surface area contributed by atoms with Crippen molar-refractivity contribution < 1.29 is 19.1 Å². The Morgan fingerprint density at radius 3 is 2.59 bits per heavy atom. The van der Waals surface area contributed by atoms with Gasteiger partial charge in [-0.2, -0.15) is 5.10 Å². The monoisotopic (exact) mass is 388 g/mol. The van der Waals surface area contributed by atoms with Crippen LogP contribution < -0.4 is 21.2 Å². The second-order valence-corrected chi connectivity index (χ2v) is 5.82. The SMILES string of the molecule is Cc1ccccc1NC(=O)C(=O)N/N=C\c1ccc(OCC(N)=O)c(Cl)c1. The van der Waals surface area contributed by atoms with E-state index in [-0.39, 0.29) is 17.4 Å². The number of nitrogens with one attached hydrogen (secondary N) is 2. The Hall–Kier alpha value is -3.39. The van der Waals surface area contributed by atoms with Crippen LogP contribution in [0.15, 0.2) is 47.6 Å². The number of carbonyl (C=O) groups excluding carboxylic acids is 3. The normalized spacial score (nSPS) is 10.4. The molecule has 0 aliphatic rings. The number of rotatable bonds is 6. The van der Waals surface area contributed by atoms with Crippen LogP contribution in [0.5, 0.6) is 5.75 Å². The van der Waals surface area contributed by atoms with Crippen molar-refractivity contribution in [2.75, 3.05) is 11.9 Å². The number of nitrogens with two attached hydrogens (primary N) is 1. The Morgan fingerprint density at radius 2 is 1.93 bits per heavy atom. The molecule has 0 saturated heterocycles. The summed E-state index contributed by atoms with van der Waals surface area (Å²) in [5, 5.41) is 6.45. The second-order valence-electron chi connectivity index (χ2n) is 5.41. The molecule has 140 valence electrons. The molecule has 2 rings (SSSR count). The van der Waals surface area contributed by atoms with Gasteiger partial charge in [0, 0.05) is 5.69 Å². The molecule has 0 spiro atoms. The molecule has 0 radical (unpaired) electrons. The van der Waals surface area contributed by atoms with E-state index in [9.17, 15) is 14.4 Å². The molecule has 0 saturated carbocycles. The van der Waals surface area contributed by atoms with Crippen LogP contribution in [-0.4, -0.2) is 30.5 Å². The number of hydrogen-bond donors (Lipinski definition) is 3. The van der Waals surface area contributed by atoms with Gasteiger partial charge in [-0.3, -0.25) is 14.4 Å². The topological polar surface area (TPSA) is 123 Å². The van der Waals surface area contributed by atoms with Crippen LogP contribution in [-0.2, 0) is 14.4 Å². The van der Waals surface area contributed by atoms with Crippen molar-refractivity contribution in [1.82, 2.24) is 5.43 Å². The maximum atomic E-state index is 11.9. The first-order chi connectivity index (χ1) is 12.9.